The van der Waals surface area contributed by atoms with E-state index in [9.17, 15) is 9.59 Å². The van der Waals surface area contributed by atoms with Gasteiger partial charge in [-0.05, 0) is 25.7 Å². The van der Waals surface area contributed by atoms with Gasteiger partial charge in [-0.3, -0.25) is 14.9 Å². The molecular weight excluding hydrogens is 256 g/mol. The molecular formula is C15H30N2O3. The van der Waals surface area contributed by atoms with Crippen LogP contribution in [-0.2, 0) is 14.3 Å². The maximum atomic E-state index is 11.9. The Morgan fingerprint density at radius 2 is 1.80 bits per heavy atom. The lowest BCUT2D eigenvalue weighted by Crippen LogP contribution is -2.50. The van der Waals surface area contributed by atoms with E-state index in [1.165, 1.54) is 7.11 Å². The molecule has 2 N–H and O–H groups in total. The van der Waals surface area contributed by atoms with Crippen LogP contribution >= 0.6 is 0 Å². The van der Waals surface area contributed by atoms with Crippen molar-refractivity contribution in [2.75, 3.05) is 13.7 Å². The molecule has 0 aliphatic rings. The van der Waals surface area contributed by atoms with Gasteiger partial charge in [-0.2, -0.15) is 0 Å². The van der Waals surface area contributed by atoms with Crippen LogP contribution in [0.1, 0.15) is 53.4 Å². The summed E-state index contributed by atoms with van der Waals surface area (Å²) in [6.07, 6.45) is 3.88. The van der Waals surface area contributed by atoms with Crippen molar-refractivity contribution in [2.45, 2.75) is 65.5 Å². The number of hydrogen-bond donors (Lipinski definition) is 2. The van der Waals surface area contributed by atoms with Crippen molar-refractivity contribution < 1.29 is 14.3 Å². The zero-order valence-electron chi connectivity index (χ0n) is 13.5. The highest BCUT2D eigenvalue weighted by Gasteiger charge is 2.24. The van der Waals surface area contributed by atoms with Crippen molar-refractivity contribution >= 4 is 11.9 Å². The fourth-order valence-electron chi connectivity index (χ4n) is 1.96. The second kappa shape index (κ2) is 10.7. The number of rotatable bonds is 10. The number of methoxy groups -OCH3 is 1. The van der Waals surface area contributed by atoms with E-state index in [-0.39, 0.29) is 11.9 Å². The monoisotopic (exact) mass is 286 g/mol. The molecule has 0 aliphatic heterocycles. The number of amides is 1. The van der Waals surface area contributed by atoms with Gasteiger partial charge < -0.3 is 10.1 Å². The lowest BCUT2D eigenvalue weighted by atomic mass is 10.0. The highest BCUT2D eigenvalue weighted by molar-refractivity contribution is 5.83. The molecule has 0 rings (SSSR count). The Morgan fingerprint density at radius 1 is 1.15 bits per heavy atom. The lowest BCUT2D eigenvalue weighted by Gasteiger charge is -2.22. The molecule has 0 aromatic carbocycles. The summed E-state index contributed by atoms with van der Waals surface area (Å²) in [7, 11) is 1.37. The molecule has 2 atom stereocenters. The molecule has 20 heavy (non-hydrogen) atoms. The summed E-state index contributed by atoms with van der Waals surface area (Å²) in [5, 5.41) is 5.93. The lowest BCUT2D eigenvalue weighted by molar-refractivity contribution is -0.144. The molecule has 5 nitrogen and oxygen atoms in total. The highest BCUT2D eigenvalue weighted by atomic mass is 16.5. The zero-order valence-corrected chi connectivity index (χ0v) is 13.5. The van der Waals surface area contributed by atoms with Crippen molar-refractivity contribution in [3.63, 3.8) is 0 Å². The smallest absolute Gasteiger partial charge is 0.322 e. The first kappa shape index (κ1) is 18.9. The predicted octanol–water partition coefficient (Wildman–Crippen LogP) is 1.86. The summed E-state index contributed by atoms with van der Waals surface area (Å²) in [5.74, 6) is -0.0329. The van der Waals surface area contributed by atoms with Gasteiger partial charge in [0.15, 0.2) is 0 Å². The van der Waals surface area contributed by atoms with Crippen LogP contribution in [0, 0.1) is 5.92 Å². The van der Waals surface area contributed by atoms with Crippen LogP contribution in [0.5, 0.6) is 0 Å². The molecule has 2 unspecified atom stereocenters. The molecule has 0 aromatic heterocycles. The first-order valence-electron chi connectivity index (χ1n) is 7.53. The van der Waals surface area contributed by atoms with Gasteiger partial charge in [-0.25, -0.2) is 0 Å². The molecule has 0 aromatic rings. The van der Waals surface area contributed by atoms with Crippen LogP contribution < -0.4 is 10.6 Å². The fraction of sp³-hybridized carbons (Fsp3) is 0.867. The van der Waals surface area contributed by atoms with Crippen LogP contribution in [0.15, 0.2) is 0 Å². The SMILES string of the molecule is CCCCCNC(=O)C(C)NC(CC(C)C)C(=O)OC. The number of carbonyl (C=O) groups is 2. The van der Waals surface area contributed by atoms with E-state index >= 15 is 0 Å². The number of unbranched alkanes of at least 4 members (excludes halogenated alkanes) is 2. The molecule has 118 valence electrons. The number of ether oxygens (including phenoxy) is 1. The Kier molecular flexibility index (Phi) is 10.1. The summed E-state index contributed by atoms with van der Waals surface area (Å²) >= 11 is 0. The molecule has 0 saturated heterocycles. The quantitative estimate of drug-likeness (QED) is 0.475. The van der Waals surface area contributed by atoms with Crippen LogP contribution in [0.4, 0.5) is 0 Å². The van der Waals surface area contributed by atoms with Gasteiger partial charge in [0.1, 0.15) is 6.04 Å². The van der Waals surface area contributed by atoms with Crippen molar-refractivity contribution in [1.29, 1.82) is 0 Å². The van der Waals surface area contributed by atoms with E-state index in [0.29, 0.717) is 18.9 Å². The molecule has 1 amide bonds. The van der Waals surface area contributed by atoms with E-state index in [1.54, 1.807) is 6.92 Å². The van der Waals surface area contributed by atoms with Gasteiger partial charge in [0, 0.05) is 6.54 Å². The minimum absolute atomic E-state index is 0.0706. The molecule has 0 heterocycles. The van der Waals surface area contributed by atoms with Gasteiger partial charge in [0.2, 0.25) is 5.91 Å². The largest absolute Gasteiger partial charge is 0.468 e. The number of nitrogens with one attached hydrogen (secondary N) is 2. The third kappa shape index (κ3) is 8.15. The molecule has 0 saturated carbocycles. The Hall–Kier alpha value is -1.10. The van der Waals surface area contributed by atoms with Crippen LogP contribution in [-0.4, -0.2) is 37.6 Å². The minimum atomic E-state index is -0.434. The highest BCUT2D eigenvalue weighted by Crippen LogP contribution is 2.07. The summed E-state index contributed by atoms with van der Waals surface area (Å²) in [6, 6.07) is -0.837. The molecule has 0 bridgehead atoms. The van der Waals surface area contributed by atoms with E-state index in [2.05, 4.69) is 17.6 Å². The number of carbonyl (C=O) groups excluding carboxylic acids is 2. The Balaban J connectivity index is 4.25. The third-order valence-corrected chi connectivity index (χ3v) is 3.12. The maximum Gasteiger partial charge on any atom is 0.322 e. The summed E-state index contributed by atoms with van der Waals surface area (Å²) in [5.41, 5.74) is 0. The van der Waals surface area contributed by atoms with Crippen LogP contribution in [0.3, 0.4) is 0 Å². The Morgan fingerprint density at radius 3 is 2.30 bits per heavy atom. The maximum absolute atomic E-state index is 11.9. The number of esters is 1. The van der Waals surface area contributed by atoms with Crippen LogP contribution in [0.25, 0.3) is 0 Å². The van der Waals surface area contributed by atoms with Crippen molar-refractivity contribution in [3.05, 3.63) is 0 Å². The predicted molar refractivity (Wildman–Crippen MR) is 80.4 cm³/mol. The van der Waals surface area contributed by atoms with E-state index in [0.717, 1.165) is 19.3 Å². The normalized spacial score (nSPS) is 13.9. The Bertz CT molecular complexity index is 293. The second-order valence-electron chi connectivity index (χ2n) is 5.59. The zero-order chi connectivity index (χ0) is 15.5. The van der Waals surface area contributed by atoms with Crippen molar-refractivity contribution in [3.8, 4) is 0 Å². The van der Waals surface area contributed by atoms with E-state index in [1.807, 2.05) is 13.8 Å². The minimum Gasteiger partial charge on any atom is -0.468 e. The summed E-state index contributed by atoms with van der Waals surface area (Å²) < 4.78 is 4.77. The fourth-order valence-corrected chi connectivity index (χ4v) is 1.96. The van der Waals surface area contributed by atoms with Gasteiger partial charge in [0.05, 0.1) is 13.2 Å². The molecule has 0 spiro atoms. The van der Waals surface area contributed by atoms with Gasteiger partial charge in [-0.15, -0.1) is 0 Å². The van der Waals surface area contributed by atoms with Gasteiger partial charge in [-0.1, -0.05) is 33.6 Å². The van der Waals surface area contributed by atoms with Crippen molar-refractivity contribution in [1.82, 2.24) is 10.6 Å². The van der Waals surface area contributed by atoms with Gasteiger partial charge in [0.25, 0.3) is 0 Å². The Labute approximate surface area is 122 Å². The van der Waals surface area contributed by atoms with E-state index in [4.69, 9.17) is 4.74 Å². The molecule has 0 radical (unpaired) electrons. The topological polar surface area (TPSA) is 67.4 Å². The molecule has 5 heteroatoms. The van der Waals surface area contributed by atoms with Gasteiger partial charge >= 0.3 is 5.97 Å². The molecule has 0 aliphatic carbocycles. The second-order valence-corrected chi connectivity index (χ2v) is 5.59. The first-order valence-corrected chi connectivity index (χ1v) is 7.53. The summed E-state index contributed by atoms with van der Waals surface area (Å²) in [6.45, 7) is 8.65. The standard InChI is InChI=1S/C15H30N2O3/c1-6-7-8-9-16-14(18)12(4)17-13(10-11(2)3)15(19)20-5/h11-13,17H,6-10H2,1-5H3,(H,16,18). The van der Waals surface area contributed by atoms with Crippen molar-refractivity contribution in [2.24, 2.45) is 5.92 Å². The first-order chi connectivity index (χ1) is 9.42. The van der Waals surface area contributed by atoms with E-state index < -0.39 is 12.1 Å². The van der Waals surface area contributed by atoms with Crippen LogP contribution in [0.2, 0.25) is 0 Å². The molecule has 0 fully saturated rings. The average Bonchev–Trinajstić information content (AvgIpc) is 2.41. The number of hydrogen-bond acceptors (Lipinski definition) is 4. The summed E-state index contributed by atoms with van der Waals surface area (Å²) in [4.78, 5) is 23.6. The third-order valence-electron chi connectivity index (χ3n) is 3.12. The average molecular weight is 286 g/mol.